The highest BCUT2D eigenvalue weighted by Crippen LogP contribution is 2.23. The van der Waals surface area contributed by atoms with Crippen molar-refractivity contribution in [2.24, 2.45) is 5.84 Å². The molecule has 3 nitrogen and oxygen atoms in total. The highest BCUT2D eigenvalue weighted by Gasteiger charge is 2.32. The van der Waals surface area contributed by atoms with Gasteiger partial charge in [-0.15, -0.1) is 0 Å². The lowest BCUT2D eigenvalue weighted by Gasteiger charge is -2.36. The first kappa shape index (κ1) is 15.2. The Morgan fingerprint density at radius 1 is 1.28 bits per heavy atom. The summed E-state index contributed by atoms with van der Waals surface area (Å²) in [6.45, 7) is 7.01. The number of hydrazine groups is 1. The van der Waals surface area contributed by atoms with Crippen LogP contribution < -0.4 is 11.3 Å². The van der Waals surface area contributed by atoms with Crippen LogP contribution in [0.3, 0.4) is 0 Å². The molecule has 1 aromatic rings. The minimum Gasteiger partial charge on any atom is -0.374 e. The minimum atomic E-state index is -0.196. The number of aryl methyl sites for hydroxylation is 1. The Hall–Kier alpha value is -0.900. The zero-order chi connectivity index (χ0) is 13.4. The molecule has 0 bridgehead atoms. The molecule has 0 aromatic heterocycles. The molecule has 102 valence electrons. The number of nitrogens with one attached hydrogen (secondary N) is 1. The molecule has 3 heteroatoms. The van der Waals surface area contributed by atoms with Crippen LogP contribution in [-0.2, 0) is 11.2 Å². The Morgan fingerprint density at radius 2 is 1.94 bits per heavy atom. The Bertz CT molecular complexity index is 329. The maximum Gasteiger partial charge on any atom is 0.0817 e. The fourth-order valence-electron chi connectivity index (χ4n) is 2.30. The third kappa shape index (κ3) is 4.09. The van der Waals surface area contributed by atoms with Crippen LogP contribution in [0, 0.1) is 0 Å². The molecule has 1 rings (SSSR count). The summed E-state index contributed by atoms with van der Waals surface area (Å²) in [5.41, 5.74) is 4.07. The van der Waals surface area contributed by atoms with Crippen molar-refractivity contribution in [3.8, 4) is 0 Å². The number of hydrogen-bond acceptors (Lipinski definition) is 3. The van der Waals surface area contributed by atoms with Crippen molar-refractivity contribution in [3.05, 3.63) is 35.9 Å². The quantitative estimate of drug-likeness (QED) is 0.551. The van der Waals surface area contributed by atoms with E-state index in [9.17, 15) is 0 Å². The lowest BCUT2D eigenvalue weighted by Crippen LogP contribution is -2.53. The molecule has 0 aliphatic rings. The minimum absolute atomic E-state index is 0.169. The summed E-state index contributed by atoms with van der Waals surface area (Å²) >= 11 is 0. The zero-order valence-electron chi connectivity index (χ0n) is 11.8. The molecule has 3 N–H and O–H groups in total. The maximum atomic E-state index is 5.88. The van der Waals surface area contributed by atoms with Gasteiger partial charge in [0.05, 0.1) is 11.6 Å². The summed E-state index contributed by atoms with van der Waals surface area (Å²) in [4.78, 5) is 0. The van der Waals surface area contributed by atoms with Crippen molar-refractivity contribution in [1.29, 1.82) is 0 Å². The van der Waals surface area contributed by atoms with E-state index in [1.54, 1.807) is 0 Å². The van der Waals surface area contributed by atoms with Crippen molar-refractivity contribution in [2.75, 3.05) is 6.61 Å². The Morgan fingerprint density at radius 3 is 2.44 bits per heavy atom. The van der Waals surface area contributed by atoms with E-state index >= 15 is 0 Å². The van der Waals surface area contributed by atoms with Gasteiger partial charge in [0.1, 0.15) is 0 Å². The maximum absolute atomic E-state index is 5.88. The number of ether oxygens (including phenoxy) is 1. The molecule has 0 radical (unpaired) electrons. The second-order valence-electron chi connectivity index (χ2n) is 4.84. The second kappa shape index (κ2) is 7.52. The van der Waals surface area contributed by atoms with Gasteiger partial charge >= 0.3 is 0 Å². The third-order valence-electron chi connectivity index (χ3n) is 3.68. The number of hydrogen-bond donors (Lipinski definition) is 2. The SMILES string of the molecule is CCOC(C)(CC)C(CCc1ccccc1)NN. The molecule has 1 aromatic carbocycles. The normalized spacial score (nSPS) is 16.2. The van der Waals surface area contributed by atoms with Gasteiger partial charge in [0.2, 0.25) is 0 Å². The van der Waals surface area contributed by atoms with Crippen LogP contribution in [0.4, 0.5) is 0 Å². The van der Waals surface area contributed by atoms with Crippen molar-refractivity contribution in [3.63, 3.8) is 0 Å². The molecule has 18 heavy (non-hydrogen) atoms. The summed E-state index contributed by atoms with van der Waals surface area (Å²) in [6, 6.07) is 10.7. The molecule has 2 unspecified atom stereocenters. The van der Waals surface area contributed by atoms with Crippen LogP contribution in [-0.4, -0.2) is 18.2 Å². The Kier molecular flexibility index (Phi) is 6.33. The Labute approximate surface area is 111 Å². The van der Waals surface area contributed by atoms with Crippen LogP contribution in [0.25, 0.3) is 0 Å². The number of rotatable bonds is 8. The molecular formula is C15H26N2O. The highest BCUT2D eigenvalue weighted by molar-refractivity contribution is 5.15. The monoisotopic (exact) mass is 250 g/mol. The van der Waals surface area contributed by atoms with Crippen LogP contribution >= 0.6 is 0 Å². The number of nitrogens with two attached hydrogens (primary N) is 1. The molecular weight excluding hydrogens is 224 g/mol. The lowest BCUT2D eigenvalue weighted by atomic mass is 9.89. The summed E-state index contributed by atoms with van der Waals surface area (Å²) in [7, 11) is 0. The van der Waals surface area contributed by atoms with Crippen LogP contribution in [0.15, 0.2) is 30.3 Å². The molecule has 0 aliphatic heterocycles. The lowest BCUT2D eigenvalue weighted by molar-refractivity contribution is -0.0569. The number of benzene rings is 1. The third-order valence-corrected chi connectivity index (χ3v) is 3.68. The predicted octanol–water partition coefficient (Wildman–Crippen LogP) is 2.66. The van der Waals surface area contributed by atoms with Gasteiger partial charge in [-0.2, -0.15) is 0 Å². The second-order valence-corrected chi connectivity index (χ2v) is 4.84. The van der Waals surface area contributed by atoms with Gasteiger partial charge < -0.3 is 4.74 Å². The van der Waals surface area contributed by atoms with Crippen LogP contribution in [0.2, 0.25) is 0 Å². The van der Waals surface area contributed by atoms with Gasteiger partial charge in [-0.05, 0) is 38.7 Å². The molecule has 2 atom stereocenters. The molecule has 0 amide bonds. The zero-order valence-corrected chi connectivity index (χ0v) is 11.8. The van der Waals surface area contributed by atoms with Gasteiger partial charge in [0.25, 0.3) is 0 Å². The van der Waals surface area contributed by atoms with Gasteiger partial charge in [0.15, 0.2) is 0 Å². The summed E-state index contributed by atoms with van der Waals surface area (Å²) in [5.74, 6) is 5.70. The first-order valence-corrected chi connectivity index (χ1v) is 6.80. The fraction of sp³-hybridized carbons (Fsp3) is 0.600. The molecule has 0 spiro atoms. The standard InChI is InChI=1S/C15H26N2O/c1-4-15(3,18-5-2)14(17-16)12-11-13-9-7-6-8-10-13/h6-10,14,17H,4-5,11-12,16H2,1-3H3. The Balaban J connectivity index is 2.61. The van der Waals surface area contributed by atoms with Gasteiger partial charge in [-0.25, -0.2) is 0 Å². The average Bonchev–Trinajstić information content (AvgIpc) is 2.41. The van der Waals surface area contributed by atoms with E-state index in [0.29, 0.717) is 6.61 Å². The smallest absolute Gasteiger partial charge is 0.0817 e. The highest BCUT2D eigenvalue weighted by atomic mass is 16.5. The largest absolute Gasteiger partial charge is 0.374 e. The van der Waals surface area contributed by atoms with Crippen LogP contribution in [0.1, 0.15) is 39.2 Å². The molecule has 0 heterocycles. The van der Waals surface area contributed by atoms with E-state index in [-0.39, 0.29) is 11.6 Å². The van der Waals surface area contributed by atoms with Crippen molar-refractivity contribution in [1.82, 2.24) is 5.43 Å². The molecule has 0 saturated heterocycles. The first-order chi connectivity index (χ1) is 8.66. The van der Waals surface area contributed by atoms with Crippen LogP contribution in [0.5, 0.6) is 0 Å². The molecule has 0 saturated carbocycles. The average molecular weight is 250 g/mol. The van der Waals surface area contributed by atoms with E-state index < -0.39 is 0 Å². The van der Waals surface area contributed by atoms with Crippen molar-refractivity contribution < 1.29 is 4.74 Å². The van der Waals surface area contributed by atoms with E-state index in [1.807, 2.05) is 13.0 Å². The van der Waals surface area contributed by atoms with E-state index in [4.69, 9.17) is 10.6 Å². The topological polar surface area (TPSA) is 47.3 Å². The van der Waals surface area contributed by atoms with Crippen molar-refractivity contribution in [2.45, 2.75) is 51.7 Å². The van der Waals surface area contributed by atoms with E-state index in [1.165, 1.54) is 5.56 Å². The van der Waals surface area contributed by atoms with Crippen molar-refractivity contribution >= 4 is 0 Å². The predicted molar refractivity (Wildman–Crippen MR) is 76.2 cm³/mol. The van der Waals surface area contributed by atoms with Gasteiger partial charge in [0, 0.05) is 6.61 Å². The van der Waals surface area contributed by atoms with Gasteiger partial charge in [-0.3, -0.25) is 11.3 Å². The van der Waals surface area contributed by atoms with E-state index in [0.717, 1.165) is 19.3 Å². The first-order valence-electron chi connectivity index (χ1n) is 6.80. The van der Waals surface area contributed by atoms with E-state index in [2.05, 4.69) is 43.5 Å². The summed E-state index contributed by atoms with van der Waals surface area (Å²) in [5, 5.41) is 0. The van der Waals surface area contributed by atoms with Gasteiger partial charge in [-0.1, -0.05) is 37.3 Å². The molecule has 0 aliphatic carbocycles. The summed E-state index contributed by atoms with van der Waals surface area (Å²) in [6.07, 6.45) is 2.94. The summed E-state index contributed by atoms with van der Waals surface area (Å²) < 4.78 is 5.88. The fourth-order valence-corrected chi connectivity index (χ4v) is 2.30. The molecule has 0 fully saturated rings.